The Kier molecular flexibility index (Phi) is 3.43. The Hall–Kier alpha value is -2.27. The van der Waals surface area contributed by atoms with Gasteiger partial charge in [0.05, 0.1) is 12.0 Å². The minimum atomic E-state index is 0.433. The quantitative estimate of drug-likeness (QED) is 0.739. The van der Waals surface area contributed by atoms with Gasteiger partial charge in [-0.15, -0.1) is 11.3 Å². The number of aromatic nitrogens is 1. The fourth-order valence-electron chi connectivity index (χ4n) is 1.87. The molecule has 0 saturated heterocycles. The Morgan fingerprint density at radius 3 is 3.00 bits per heavy atom. The van der Waals surface area contributed by atoms with Crippen LogP contribution in [-0.4, -0.2) is 4.98 Å². The number of nitrogen functional groups attached to an aromatic ring is 1. The second kappa shape index (κ2) is 5.38. The van der Waals surface area contributed by atoms with Crippen molar-refractivity contribution in [2.45, 2.75) is 13.5 Å². The molecule has 0 fully saturated rings. The highest BCUT2D eigenvalue weighted by atomic mass is 32.1. The molecule has 0 aliphatic carbocycles. The molecule has 5 heteroatoms. The third kappa shape index (κ3) is 2.67. The smallest absolute Gasteiger partial charge is 0.162 e. The first-order valence-electron chi connectivity index (χ1n) is 6.19. The standard InChI is InChI=1S/C15H14N2O2S/c1-10-7-11(16)4-5-13(10)19-8-12-9-20-15(17-12)14-3-2-6-18-14/h2-7,9H,8,16H2,1H3. The number of nitrogens with two attached hydrogens (primary N) is 1. The first kappa shape index (κ1) is 12.7. The van der Waals surface area contributed by atoms with Crippen molar-refractivity contribution in [1.29, 1.82) is 0 Å². The van der Waals surface area contributed by atoms with E-state index in [1.165, 1.54) is 0 Å². The van der Waals surface area contributed by atoms with Gasteiger partial charge in [-0.05, 0) is 42.8 Å². The number of nitrogens with zero attached hydrogens (tertiary/aromatic N) is 1. The van der Waals surface area contributed by atoms with Crippen molar-refractivity contribution < 1.29 is 9.15 Å². The second-order valence-corrected chi connectivity index (χ2v) is 5.29. The van der Waals surface area contributed by atoms with Gasteiger partial charge in [0, 0.05) is 11.1 Å². The normalized spacial score (nSPS) is 10.7. The third-order valence-electron chi connectivity index (χ3n) is 2.86. The van der Waals surface area contributed by atoms with Crippen molar-refractivity contribution >= 4 is 17.0 Å². The largest absolute Gasteiger partial charge is 0.487 e. The van der Waals surface area contributed by atoms with Crippen LogP contribution in [0.25, 0.3) is 10.8 Å². The highest BCUT2D eigenvalue weighted by molar-refractivity contribution is 7.13. The maximum Gasteiger partial charge on any atom is 0.162 e. The van der Waals surface area contributed by atoms with Crippen LogP contribution in [0.4, 0.5) is 5.69 Å². The molecule has 2 aromatic heterocycles. The number of hydrogen-bond donors (Lipinski definition) is 1. The third-order valence-corrected chi connectivity index (χ3v) is 3.76. The minimum Gasteiger partial charge on any atom is -0.487 e. The van der Waals surface area contributed by atoms with Gasteiger partial charge >= 0.3 is 0 Å². The zero-order chi connectivity index (χ0) is 13.9. The zero-order valence-corrected chi connectivity index (χ0v) is 11.8. The molecule has 0 spiro atoms. The fraction of sp³-hybridized carbons (Fsp3) is 0.133. The number of thiazole rings is 1. The van der Waals surface area contributed by atoms with E-state index < -0.39 is 0 Å². The first-order chi connectivity index (χ1) is 9.72. The van der Waals surface area contributed by atoms with Gasteiger partial charge in [-0.1, -0.05) is 0 Å². The van der Waals surface area contributed by atoms with Gasteiger partial charge in [0.1, 0.15) is 12.4 Å². The summed E-state index contributed by atoms with van der Waals surface area (Å²) in [6.45, 7) is 2.41. The molecule has 0 unspecified atom stereocenters. The summed E-state index contributed by atoms with van der Waals surface area (Å²) in [4.78, 5) is 4.49. The molecule has 0 aliphatic rings. The van der Waals surface area contributed by atoms with Crippen LogP contribution in [0.15, 0.2) is 46.4 Å². The van der Waals surface area contributed by atoms with Gasteiger partial charge in [-0.3, -0.25) is 0 Å². The first-order valence-corrected chi connectivity index (χ1v) is 7.07. The molecule has 4 nitrogen and oxygen atoms in total. The van der Waals surface area contributed by atoms with Crippen LogP contribution in [0.2, 0.25) is 0 Å². The van der Waals surface area contributed by atoms with Crippen LogP contribution < -0.4 is 10.5 Å². The number of anilines is 1. The lowest BCUT2D eigenvalue weighted by Gasteiger charge is -2.08. The van der Waals surface area contributed by atoms with E-state index >= 15 is 0 Å². The summed E-state index contributed by atoms with van der Waals surface area (Å²) in [5.74, 6) is 1.61. The van der Waals surface area contributed by atoms with Gasteiger partial charge in [0.15, 0.2) is 10.8 Å². The molecule has 2 heterocycles. The number of furan rings is 1. The van der Waals surface area contributed by atoms with Crippen LogP contribution in [0.5, 0.6) is 5.75 Å². The summed E-state index contributed by atoms with van der Waals surface area (Å²) < 4.78 is 11.1. The van der Waals surface area contributed by atoms with Gasteiger partial charge in [-0.25, -0.2) is 4.98 Å². The zero-order valence-electron chi connectivity index (χ0n) is 11.0. The lowest BCUT2D eigenvalue weighted by molar-refractivity contribution is 0.300. The monoisotopic (exact) mass is 286 g/mol. The van der Waals surface area contributed by atoms with E-state index in [0.717, 1.165) is 33.5 Å². The second-order valence-electron chi connectivity index (χ2n) is 4.43. The van der Waals surface area contributed by atoms with Crippen molar-refractivity contribution in [2.75, 3.05) is 5.73 Å². The molecule has 0 atom stereocenters. The van der Waals surface area contributed by atoms with E-state index in [1.54, 1.807) is 17.6 Å². The summed E-state index contributed by atoms with van der Waals surface area (Å²) >= 11 is 1.54. The summed E-state index contributed by atoms with van der Waals surface area (Å²) in [6.07, 6.45) is 1.64. The minimum absolute atomic E-state index is 0.433. The van der Waals surface area contributed by atoms with Crippen molar-refractivity contribution in [3.63, 3.8) is 0 Å². The number of benzene rings is 1. The van der Waals surface area contributed by atoms with Gasteiger partial charge in [0.25, 0.3) is 0 Å². The number of aryl methyl sites for hydroxylation is 1. The van der Waals surface area contributed by atoms with Crippen LogP contribution in [0.1, 0.15) is 11.3 Å². The van der Waals surface area contributed by atoms with Crippen molar-refractivity contribution in [3.8, 4) is 16.5 Å². The summed E-state index contributed by atoms with van der Waals surface area (Å²) in [5.41, 5.74) is 8.36. The van der Waals surface area contributed by atoms with Crippen molar-refractivity contribution in [2.24, 2.45) is 0 Å². The molecular formula is C15H14N2O2S. The lowest BCUT2D eigenvalue weighted by Crippen LogP contribution is -1.98. The van der Waals surface area contributed by atoms with E-state index in [2.05, 4.69) is 4.98 Å². The fourth-order valence-corrected chi connectivity index (χ4v) is 2.64. The Balaban J connectivity index is 1.70. The molecule has 0 saturated carbocycles. The maximum atomic E-state index is 5.77. The number of ether oxygens (including phenoxy) is 1. The molecular weight excluding hydrogens is 272 g/mol. The van der Waals surface area contributed by atoms with Gasteiger partial charge < -0.3 is 14.9 Å². The number of rotatable bonds is 4. The van der Waals surface area contributed by atoms with E-state index in [9.17, 15) is 0 Å². The molecule has 0 aliphatic heterocycles. The molecule has 0 amide bonds. The summed E-state index contributed by atoms with van der Waals surface area (Å²) in [6, 6.07) is 9.35. The molecule has 3 aromatic rings. The van der Waals surface area contributed by atoms with Crippen molar-refractivity contribution in [3.05, 3.63) is 53.2 Å². The summed E-state index contributed by atoms with van der Waals surface area (Å²) in [7, 11) is 0. The molecule has 102 valence electrons. The number of hydrogen-bond acceptors (Lipinski definition) is 5. The van der Waals surface area contributed by atoms with E-state index in [1.807, 2.05) is 42.6 Å². The lowest BCUT2D eigenvalue weighted by atomic mass is 10.2. The molecule has 0 radical (unpaired) electrons. The average molecular weight is 286 g/mol. The summed E-state index contributed by atoms with van der Waals surface area (Å²) in [5, 5.41) is 2.84. The van der Waals surface area contributed by atoms with Gasteiger partial charge in [-0.2, -0.15) is 0 Å². The molecule has 1 aromatic carbocycles. The SMILES string of the molecule is Cc1cc(N)ccc1OCc1csc(-c2ccco2)n1. The average Bonchev–Trinajstić information content (AvgIpc) is 3.08. The molecule has 2 N–H and O–H groups in total. The molecule has 3 rings (SSSR count). The predicted molar refractivity (Wildman–Crippen MR) is 79.7 cm³/mol. The van der Waals surface area contributed by atoms with E-state index in [-0.39, 0.29) is 0 Å². The van der Waals surface area contributed by atoms with Crippen LogP contribution in [0, 0.1) is 6.92 Å². The van der Waals surface area contributed by atoms with E-state index in [4.69, 9.17) is 14.9 Å². The Bertz CT molecular complexity index is 704. The van der Waals surface area contributed by atoms with Crippen LogP contribution >= 0.6 is 11.3 Å². The maximum absolute atomic E-state index is 5.77. The van der Waals surface area contributed by atoms with Crippen molar-refractivity contribution in [1.82, 2.24) is 4.98 Å². The highest BCUT2D eigenvalue weighted by Gasteiger charge is 2.08. The van der Waals surface area contributed by atoms with Crippen LogP contribution in [0.3, 0.4) is 0 Å². The molecule has 0 bridgehead atoms. The Morgan fingerprint density at radius 1 is 1.35 bits per heavy atom. The predicted octanol–water partition coefficient (Wildman–Crippen LogP) is 3.87. The topological polar surface area (TPSA) is 61.3 Å². The van der Waals surface area contributed by atoms with Crippen LogP contribution in [-0.2, 0) is 6.61 Å². The Labute approximate surface area is 120 Å². The Morgan fingerprint density at radius 2 is 2.25 bits per heavy atom. The van der Waals surface area contributed by atoms with E-state index in [0.29, 0.717) is 6.61 Å². The highest BCUT2D eigenvalue weighted by Crippen LogP contribution is 2.25. The molecule has 20 heavy (non-hydrogen) atoms. The van der Waals surface area contributed by atoms with Gasteiger partial charge in [0.2, 0.25) is 0 Å².